The summed E-state index contributed by atoms with van der Waals surface area (Å²) in [7, 11) is -1.32. The molecule has 0 saturated heterocycles. The molecule has 3 aromatic carbocycles. The lowest BCUT2D eigenvalue weighted by atomic mass is 10.3. The van der Waals surface area contributed by atoms with Crippen molar-refractivity contribution in [1.82, 2.24) is 0 Å². The molecule has 0 aromatic heterocycles. The van der Waals surface area contributed by atoms with Crippen molar-refractivity contribution in [3.05, 3.63) is 84.9 Å². The third kappa shape index (κ3) is 7.79. The van der Waals surface area contributed by atoms with Crippen LogP contribution in [-0.4, -0.2) is 60.0 Å². The van der Waals surface area contributed by atoms with Crippen molar-refractivity contribution in [2.45, 2.75) is 0 Å². The van der Waals surface area contributed by atoms with Crippen LogP contribution in [0.3, 0.4) is 0 Å². The second kappa shape index (κ2) is 14.7. The fourth-order valence-electron chi connectivity index (χ4n) is 3.38. The summed E-state index contributed by atoms with van der Waals surface area (Å²) in [5.41, 5.74) is 0. The predicted octanol–water partition coefficient (Wildman–Crippen LogP) is 3.40. The molecule has 0 heterocycles. The molecule has 34 heavy (non-hydrogen) atoms. The van der Waals surface area contributed by atoms with Crippen LogP contribution < -0.4 is 20.7 Å². The average Bonchev–Trinajstić information content (AvgIpc) is 2.90. The fraction of sp³-hybridized carbons (Fsp3) is 0.333. The molecule has 3 rings (SSSR count). The van der Waals surface area contributed by atoms with Gasteiger partial charge in [-0.25, -0.2) is 0 Å². The molecule has 6 nitrogen and oxygen atoms in total. The molecular formula is C27H33O6P. The van der Waals surface area contributed by atoms with E-state index in [2.05, 4.69) is 0 Å². The number of ether oxygens (including phenoxy) is 5. The number of methoxy groups -OCH3 is 1. The first-order valence-electron chi connectivity index (χ1n) is 11.4. The van der Waals surface area contributed by atoms with Gasteiger partial charge in [-0.2, -0.15) is 0 Å². The summed E-state index contributed by atoms with van der Waals surface area (Å²) in [5.74, 6) is 0.712. The molecule has 7 heteroatoms. The fourth-order valence-corrected chi connectivity index (χ4v) is 6.03. The largest absolute Gasteiger partial charge is 0.491 e. The van der Waals surface area contributed by atoms with E-state index in [0.29, 0.717) is 58.6 Å². The van der Waals surface area contributed by atoms with Gasteiger partial charge in [0.05, 0.1) is 46.2 Å². The van der Waals surface area contributed by atoms with Crippen LogP contribution in [0.5, 0.6) is 5.75 Å². The maximum atomic E-state index is 14.3. The summed E-state index contributed by atoms with van der Waals surface area (Å²) in [5, 5.41) is 2.40. The molecule has 0 atom stereocenters. The number of rotatable bonds is 16. The molecule has 0 bridgehead atoms. The topological polar surface area (TPSA) is 63.2 Å². The van der Waals surface area contributed by atoms with Crippen LogP contribution in [0, 0.1) is 0 Å². The summed E-state index contributed by atoms with van der Waals surface area (Å²) in [6, 6.07) is 26.7. The molecular weight excluding hydrogens is 451 g/mol. The van der Waals surface area contributed by atoms with Gasteiger partial charge in [0.25, 0.3) is 0 Å². The van der Waals surface area contributed by atoms with Gasteiger partial charge in [0.1, 0.15) is 12.4 Å². The Labute approximate surface area is 202 Å². The van der Waals surface area contributed by atoms with Gasteiger partial charge in [-0.05, 0) is 24.3 Å². The van der Waals surface area contributed by atoms with Gasteiger partial charge in [0.15, 0.2) is 7.14 Å². The maximum absolute atomic E-state index is 14.3. The van der Waals surface area contributed by atoms with E-state index < -0.39 is 7.14 Å². The third-order valence-electron chi connectivity index (χ3n) is 5.11. The summed E-state index contributed by atoms with van der Waals surface area (Å²) in [6.45, 7) is 4.14. The molecule has 3 aromatic rings. The second-order valence-corrected chi connectivity index (χ2v) is 10.2. The van der Waals surface area contributed by atoms with Crippen molar-refractivity contribution in [3.63, 3.8) is 0 Å². The SMILES string of the molecule is COCCOCCOCCOCCOc1ccc(P(=O)(c2ccccc2)c2ccccc2)cc1. The van der Waals surface area contributed by atoms with E-state index >= 15 is 0 Å². The highest BCUT2D eigenvalue weighted by Gasteiger charge is 2.29. The lowest BCUT2D eigenvalue weighted by Crippen LogP contribution is -2.24. The van der Waals surface area contributed by atoms with Gasteiger partial charge in [-0.1, -0.05) is 60.7 Å². The molecule has 0 fully saturated rings. The molecule has 0 unspecified atom stereocenters. The standard InChI is InChI=1S/C27H33O6P/c1-29-16-17-30-18-19-31-20-21-32-22-23-33-24-12-14-27(15-13-24)34(28,25-8-4-2-5-9-25)26-10-6-3-7-11-26/h2-15H,16-23H2,1H3. The Balaban J connectivity index is 1.45. The van der Waals surface area contributed by atoms with Gasteiger partial charge in [-0.15, -0.1) is 0 Å². The summed E-state index contributed by atoms with van der Waals surface area (Å²) in [4.78, 5) is 0. The van der Waals surface area contributed by atoms with E-state index in [1.807, 2.05) is 84.9 Å². The maximum Gasteiger partial charge on any atom is 0.171 e. The van der Waals surface area contributed by atoms with E-state index in [1.165, 1.54) is 0 Å². The second-order valence-electron chi connectivity index (χ2n) is 7.45. The first kappa shape index (κ1) is 26.1. The molecule has 0 N–H and O–H groups in total. The van der Waals surface area contributed by atoms with Gasteiger partial charge >= 0.3 is 0 Å². The van der Waals surface area contributed by atoms with E-state index in [9.17, 15) is 4.57 Å². The van der Waals surface area contributed by atoms with Crippen LogP contribution in [0.1, 0.15) is 0 Å². The van der Waals surface area contributed by atoms with Crippen LogP contribution in [0.2, 0.25) is 0 Å². The molecule has 182 valence electrons. The first-order valence-corrected chi connectivity index (χ1v) is 13.1. The minimum Gasteiger partial charge on any atom is -0.491 e. The molecule has 0 aliphatic carbocycles. The van der Waals surface area contributed by atoms with Crippen LogP contribution in [0.4, 0.5) is 0 Å². The van der Waals surface area contributed by atoms with E-state index in [-0.39, 0.29) is 0 Å². The summed E-state index contributed by atoms with van der Waals surface area (Å²) in [6.07, 6.45) is 0. The predicted molar refractivity (Wildman–Crippen MR) is 136 cm³/mol. The lowest BCUT2D eigenvalue weighted by molar-refractivity contribution is 0.000165. The smallest absolute Gasteiger partial charge is 0.171 e. The zero-order chi connectivity index (χ0) is 23.9. The van der Waals surface area contributed by atoms with Crippen molar-refractivity contribution < 1.29 is 28.2 Å². The molecule has 0 radical (unpaired) electrons. The summed E-state index contributed by atoms with van der Waals surface area (Å²) >= 11 is 0. The zero-order valence-electron chi connectivity index (χ0n) is 19.6. The highest BCUT2D eigenvalue weighted by atomic mass is 31.2. The van der Waals surface area contributed by atoms with Crippen molar-refractivity contribution in [2.24, 2.45) is 0 Å². The van der Waals surface area contributed by atoms with Gasteiger partial charge in [0.2, 0.25) is 0 Å². The normalized spacial score (nSPS) is 11.4. The van der Waals surface area contributed by atoms with Crippen LogP contribution in [-0.2, 0) is 23.5 Å². The minimum atomic E-state index is -2.96. The monoisotopic (exact) mass is 484 g/mol. The Bertz CT molecular complexity index is 936. The minimum absolute atomic E-state index is 0.425. The van der Waals surface area contributed by atoms with Gasteiger partial charge in [0, 0.05) is 23.0 Å². The van der Waals surface area contributed by atoms with Crippen LogP contribution in [0.15, 0.2) is 84.9 Å². The Hall–Kier alpha value is -2.47. The van der Waals surface area contributed by atoms with Crippen molar-refractivity contribution >= 4 is 23.1 Å². The van der Waals surface area contributed by atoms with Crippen molar-refractivity contribution in [2.75, 3.05) is 60.0 Å². The van der Waals surface area contributed by atoms with Crippen molar-refractivity contribution in [1.29, 1.82) is 0 Å². The lowest BCUT2D eigenvalue weighted by Gasteiger charge is -2.20. The molecule has 0 amide bonds. The average molecular weight is 485 g/mol. The van der Waals surface area contributed by atoms with Gasteiger partial charge in [-0.3, -0.25) is 0 Å². The van der Waals surface area contributed by atoms with Gasteiger partial charge < -0.3 is 28.2 Å². The molecule has 0 spiro atoms. The number of hydrogen-bond donors (Lipinski definition) is 0. The number of benzene rings is 3. The van der Waals surface area contributed by atoms with E-state index in [0.717, 1.165) is 15.9 Å². The Morgan fingerprint density at radius 1 is 0.529 bits per heavy atom. The van der Waals surface area contributed by atoms with Crippen LogP contribution >= 0.6 is 7.14 Å². The number of hydrogen-bond acceptors (Lipinski definition) is 6. The van der Waals surface area contributed by atoms with Crippen LogP contribution in [0.25, 0.3) is 0 Å². The highest BCUT2D eigenvalue weighted by molar-refractivity contribution is 7.85. The zero-order valence-corrected chi connectivity index (χ0v) is 20.5. The highest BCUT2D eigenvalue weighted by Crippen LogP contribution is 2.42. The van der Waals surface area contributed by atoms with E-state index in [1.54, 1.807) is 7.11 Å². The molecule has 0 aliphatic heterocycles. The Morgan fingerprint density at radius 3 is 1.41 bits per heavy atom. The van der Waals surface area contributed by atoms with E-state index in [4.69, 9.17) is 23.7 Å². The molecule has 0 aliphatic rings. The quantitative estimate of drug-likeness (QED) is 0.229. The third-order valence-corrected chi connectivity index (χ3v) is 8.19. The Kier molecular flexibility index (Phi) is 11.3. The Morgan fingerprint density at radius 2 is 0.941 bits per heavy atom. The first-order chi connectivity index (χ1) is 16.7. The van der Waals surface area contributed by atoms with Crippen molar-refractivity contribution in [3.8, 4) is 5.75 Å². The summed E-state index contributed by atoms with van der Waals surface area (Å²) < 4.78 is 41.3. The molecule has 0 saturated carbocycles.